The van der Waals surface area contributed by atoms with E-state index in [0.29, 0.717) is 38.0 Å². The minimum Gasteiger partial charge on any atom is -0.481 e. The van der Waals surface area contributed by atoms with Crippen molar-refractivity contribution in [2.75, 3.05) is 40.0 Å². The monoisotopic (exact) mass is 406 g/mol. The quantitative estimate of drug-likeness (QED) is 0.604. The Morgan fingerprint density at radius 1 is 1.10 bits per heavy atom. The van der Waals surface area contributed by atoms with Gasteiger partial charge in [-0.05, 0) is 43.4 Å². The van der Waals surface area contributed by atoms with Crippen LogP contribution in [0.3, 0.4) is 0 Å². The topological polar surface area (TPSA) is 77.1 Å². The van der Waals surface area contributed by atoms with Crippen LogP contribution in [0.5, 0.6) is 5.75 Å². The Balaban J connectivity index is 1.71. The average Bonchev–Trinajstić information content (AvgIpc) is 2.72. The summed E-state index contributed by atoms with van der Waals surface area (Å²) < 4.78 is 15.9. The first kappa shape index (κ1) is 23.2. The molecule has 2 amide bonds. The molecule has 7 heteroatoms. The van der Waals surface area contributed by atoms with E-state index in [1.54, 1.807) is 18.9 Å². The van der Waals surface area contributed by atoms with Crippen molar-refractivity contribution in [3.05, 3.63) is 29.8 Å². The zero-order valence-electron chi connectivity index (χ0n) is 18.0. The summed E-state index contributed by atoms with van der Waals surface area (Å²) in [4.78, 5) is 26.4. The molecule has 1 unspecified atom stereocenters. The summed E-state index contributed by atoms with van der Waals surface area (Å²) in [5, 5.41) is 3.04. The van der Waals surface area contributed by atoms with Crippen molar-refractivity contribution in [3.63, 3.8) is 0 Å². The molecule has 29 heavy (non-hydrogen) atoms. The van der Waals surface area contributed by atoms with Gasteiger partial charge in [0.1, 0.15) is 12.4 Å². The van der Waals surface area contributed by atoms with E-state index in [1.807, 2.05) is 24.3 Å². The minimum absolute atomic E-state index is 0.0209. The van der Waals surface area contributed by atoms with Gasteiger partial charge < -0.3 is 24.4 Å². The van der Waals surface area contributed by atoms with Crippen molar-refractivity contribution in [2.24, 2.45) is 0 Å². The van der Waals surface area contributed by atoms with Crippen molar-refractivity contribution in [1.82, 2.24) is 10.2 Å². The van der Waals surface area contributed by atoms with Crippen molar-refractivity contribution in [2.45, 2.75) is 51.7 Å². The zero-order valence-corrected chi connectivity index (χ0v) is 18.0. The molecule has 1 saturated heterocycles. The van der Waals surface area contributed by atoms with Crippen LogP contribution in [-0.2, 0) is 19.1 Å². The molecule has 1 heterocycles. The summed E-state index contributed by atoms with van der Waals surface area (Å²) >= 11 is 0. The highest BCUT2D eigenvalue weighted by Crippen LogP contribution is 2.19. The predicted molar refractivity (Wildman–Crippen MR) is 111 cm³/mol. The number of rotatable bonds is 10. The van der Waals surface area contributed by atoms with Gasteiger partial charge in [0.2, 0.25) is 5.91 Å². The van der Waals surface area contributed by atoms with Crippen molar-refractivity contribution in [3.8, 4) is 5.75 Å². The number of amides is 2. The van der Waals surface area contributed by atoms with Crippen LogP contribution in [0.15, 0.2) is 24.3 Å². The molecule has 0 aromatic heterocycles. The van der Waals surface area contributed by atoms with Gasteiger partial charge in [0.25, 0.3) is 5.91 Å². The lowest BCUT2D eigenvalue weighted by Crippen LogP contribution is -2.49. The summed E-state index contributed by atoms with van der Waals surface area (Å²) in [5.74, 6) is 0.989. The lowest BCUT2D eigenvalue weighted by atomic mass is 10.0. The van der Waals surface area contributed by atoms with E-state index in [1.165, 1.54) is 5.56 Å². The second-order valence-corrected chi connectivity index (χ2v) is 7.69. The van der Waals surface area contributed by atoms with Crippen LogP contribution in [-0.4, -0.2) is 68.9 Å². The summed E-state index contributed by atoms with van der Waals surface area (Å²) in [5.41, 5.74) is 1.24. The van der Waals surface area contributed by atoms with Crippen LogP contribution in [0.25, 0.3) is 0 Å². The maximum Gasteiger partial charge on any atom is 0.260 e. The Bertz CT molecular complexity index is 639. The van der Waals surface area contributed by atoms with E-state index in [-0.39, 0.29) is 24.5 Å². The van der Waals surface area contributed by atoms with Gasteiger partial charge in [0, 0.05) is 26.2 Å². The number of hydrogen-bond donors (Lipinski definition) is 1. The summed E-state index contributed by atoms with van der Waals surface area (Å²) in [6.07, 6.45) is 0.880. The molecule has 1 atom stereocenters. The van der Waals surface area contributed by atoms with Crippen LogP contribution < -0.4 is 10.1 Å². The molecule has 1 aromatic carbocycles. The first-order chi connectivity index (χ1) is 13.9. The van der Waals surface area contributed by atoms with Crippen LogP contribution in [0.4, 0.5) is 0 Å². The van der Waals surface area contributed by atoms with E-state index in [0.717, 1.165) is 12.8 Å². The molecule has 0 bridgehead atoms. The summed E-state index contributed by atoms with van der Waals surface area (Å²) in [7, 11) is 1.60. The maximum atomic E-state index is 12.5. The molecule has 0 saturated carbocycles. The maximum absolute atomic E-state index is 12.5. The van der Waals surface area contributed by atoms with Gasteiger partial charge in [-0.1, -0.05) is 26.0 Å². The molecule has 2 rings (SSSR count). The van der Waals surface area contributed by atoms with Gasteiger partial charge in [-0.25, -0.2) is 0 Å². The summed E-state index contributed by atoms with van der Waals surface area (Å²) in [6.45, 7) is 8.21. The number of likely N-dealkylation sites (tertiary alicyclic amines) is 1. The Morgan fingerprint density at radius 3 is 2.34 bits per heavy atom. The highest BCUT2D eigenvalue weighted by Gasteiger charge is 2.25. The van der Waals surface area contributed by atoms with Gasteiger partial charge in [0.15, 0.2) is 6.10 Å². The number of hydrogen-bond acceptors (Lipinski definition) is 5. The van der Waals surface area contributed by atoms with Gasteiger partial charge in [-0.2, -0.15) is 0 Å². The van der Waals surface area contributed by atoms with Crippen molar-refractivity contribution in [1.29, 1.82) is 0 Å². The first-order valence-corrected chi connectivity index (χ1v) is 10.3. The van der Waals surface area contributed by atoms with Crippen LogP contribution in [0.1, 0.15) is 45.1 Å². The third kappa shape index (κ3) is 7.66. The highest BCUT2D eigenvalue weighted by molar-refractivity contribution is 5.81. The normalized spacial score (nSPS) is 16.0. The number of ether oxygens (including phenoxy) is 3. The van der Waals surface area contributed by atoms with E-state index in [2.05, 4.69) is 19.2 Å². The van der Waals surface area contributed by atoms with Gasteiger partial charge in [-0.15, -0.1) is 0 Å². The highest BCUT2D eigenvalue weighted by atomic mass is 16.5. The van der Waals surface area contributed by atoms with Gasteiger partial charge in [0.05, 0.1) is 13.2 Å². The summed E-state index contributed by atoms with van der Waals surface area (Å²) in [6, 6.07) is 7.90. The van der Waals surface area contributed by atoms with E-state index in [4.69, 9.17) is 14.2 Å². The number of benzene rings is 1. The van der Waals surface area contributed by atoms with Crippen LogP contribution in [0.2, 0.25) is 0 Å². The van der Waals surface area contributed by atoms with E-state index in [9.17, 15) is 9.59 Å². The number of methoxy groups -OCH3 is 1. The van der Waals surface area contributed by atoms with Crippen LogP contribution >= 0.6 is 0 Å². The average molecular weight is 407 g/mol. The fourth-order valence-corrected chi connectivity index (χ4v) is 3.17. The standard InChI is InChI=1S/C22H34N2O5/c1-16(2)18-5-7-20(8-6-18)29-17(3)22(26)23-19-9-11-24(12-10-19)21(25)15-28-14-13-27-4/h5-8,16-17,19H,9-15H2,1-4H3,(H,23,26). The third-order valence-electron chi connectivity index (χ3n) is 5.08. The Morgan fingerprint density at radius 2 is 1.76 bits per heavy atom. The molecule has 1 aliphatic heterocycles. The molecule has 7 nitrogen and oxygen atoms in total. The number of nitrogens with one attached hydrogen (secondary N) is 1. The Kier molecular flexibility index (Phi) is 9.41. The smallest absolute Gasteiger partial charge is 0.260 e. The third-order valence-corrected chi connectivity index (χ3v) is 5.08. The lowest BCUT2D eigenvalue weighted by molar-refractivity contribution is -0.137. The van der Waals surface area contributed by atoms with Crippen LogP contribution in [0, 0.1) is 0 Å². The van der Waals surface area contributed by atoms with E-state index < -0.39 is 6.10 Å². The molecular formula is C22H34N2O5. The number of nitrogens with zero attached hydrogens (tertiary/aromatic N) is 1. The molecule has 1 fully saturated rings. The molecule has 162 valence electrons. The van der Waals surface area contributed by atoms with Crippen molar-refractivity contribution < 1.29 is 23.8 Å². The van der Waals surface area contributed by atoms with Crippen molar-refractivity contribution >= 4 is 11.8 Å². The number of carbonyl (C=O) groups is 2. The van der Waals surface area contributed by atoms with Gasteiger partial charge >= 0.3 is 0 Å². The molecule has 0 aliphatic carbocycles. The lowest BCUT2D eigenvalue weighted by Gasteiger charge is -2.32. The number of piperidine rings is 1. The molecule has 1 aliphatic rings. The Labute approximate surface area is 173 Å². The second-order valence-electron chi connectivity index (χ2n) is 7.69. The van der Waals surface area contributed by atoms with E-state index >= 15 is 0 Å². The molecular weight excluding hydrogens is 372 g/mol. The molecule has 0 radical (unpaired) electrons. The predicted octanol–water partition coefficient (Wildman–Crippen LogP) is 2.35. The molecule has 0 spiro atoms. The second kappa shape index (κ2) is 11.8. The molecule has 1 aromatic rings. The number of carbonyl (C=O) groups excluding carboxylic acids is 2. The van der Waals surface area contributed by atoms with Gasteiger partial charge in [-0.3, -0.25) is 9.59 Å². The minimum atomic E-state index is -0.575. The largest absolute Gasteiger partial charge is 0.481 e. The molecule has 1 N–H and O–H groups in total. The fourth-order valence-electron chi connectivity index (χ4n) is 3.17. The Hall–Kier alpha value is -2.12. The zero-order chi connectivity index (χ0) is 21.2. The fraction of sp³-hybridized carbons (Fsp3) is 0.636. The SMILES string of the molecule is COCCOCC(=O)N1CCC(NC(=O)C(C)Oc2ccc(C(C)C)cc2)CC1. The first-order valence-electron chi connectivity index (χ1n) is 10.3.